The van der Waals surface area contributed by atoms with Gasteiger partial charge >= 0.3 is 5.97 Å². The minimum absolute atomic E-state index is 0.311. The SMILES string of the molecule is O=C(Oc1cccc(Cc2ccccc2)c1)c1cccc(CN2CCSC2)c1. The molecule has 0 spiro atoms. The minimum atomic E-state index is -0.311. The van der Waals surface area contributed by atoms with Crippen molar-refractivity contribution in [3.63, 3.8) is 0 Å². The van der Waals surface area contributed by atoms with Gasteiger partial charge in [-0.25, -0.2) is 4.79 Å². The Labute approximate surface area is 170 Å². The summed E-state index contributed by atoms with van der Waals surface area (Å²) in [6.07, 6.45) is 0.815. The number of hydrogen-bond acceptors (Lipinski definition) is 4. The number of carbonyl (C=O) groups excluding carboxylic acids is 1. The summed E-state index contributed by atoms with van der Waals surface area (Å²) in [6, 6.07) is 25.8. The molecule has 28 heavy (non-hydrogen) atoms. The number of hydrogen-bond donors (Lipinski definition) is 0. The summed E-state index contributed by atoms with van der Waals surface area (Å²) >= 11 is 1.95. The zero-order valence-electron chi connectivity index (χ0n) is 15.7. The van der Waals surface area contributed by atoms with Gasteiger partial charge in [0.1, 0.15) is 5.75 Å². The predicted molar refractivity (Wildman–Crippen MR) is 115 cm³/mol. The van der Waals surface area contributed by atoms with E-state index in [0.29, 0.717) is 11.3 Å². The fourth-order valence-corrected chi connectivity index (χ4v) is 4.34. The second-order valence-electron chi connectivity index (χ2n) is 6.99. The average Bonchev–Trinajstić information content (AvgIpc) is 3.22. The van der Waals surface area contributed by atoms with Gasteiger partial charge in [-0.15, -0.1) is 11.8 Å². The number of nitrogens with zero attached hydrogens (tertiary/aromatic N) is 1. The second kappa shape index (κ2) is 9.09. The van der Waals surface area contributed by atoms with Gasteiger partial charge in [-0.1, -0.05) is 54.6 Å². The largest absolute Gasteiger partial charge is 0.423 e. The molecular weight excluding hydrogens is 366 g/mol. The smallest absolute Gasteiger partial charge is 0.343 e. The molecule has 0 N–H and O–H groups in total. The molecule has 0 amide bonds. The summed E-state index contributed by atoms with van der Waals surface area (Å²) in [7, 11) is 0. The second-order valence-corrected chi connectivity index (χ2v) is 8.06. The molecule has 1 saturated heterocycles. The molecule has 0 aliphatic carbocycles. The third-order valence-electron chi connectivity index (χ3n) is 4.75. The number of ether oxygens (including phenoxy) is 1. The molecule has 0 saturated carbocycles. The zero-order chi connectivity index (χ0) is 19.2. The third-order valence-corrected chi connectivity index (χ3v) is 5.77. The van der Waals surface area contributed by atoms with Crippen molar-refractivity contribution in [2.24, 2.45) is 0 Å². The van der Waals surface area contributed by atoms with E-state index in [2.05, 4.69) is 29.2 Å². The summed E-state index contributed by atoms with van der Waals surface area (Å²) in [5.41, 5.74) is 4.10. The molecule has 1 heterocycles. The van der Waals surface area contributed by atoms with Gasteiger partial charge in [0.15, 0.2) is 0 Å². The lowest BCUT2D eigenvalue weighted by Crippen LogP contribution is -2.19. The highest BCUT2D eigenvalue weighted by atomic mass is 32.2. The Morgan fingerprint density at radius 1 is 0.893 bits per heavy atom. The summed E-state index contributed by atoms with van der Waals surface area (Å²) in [5, 5.41) is 0. The fraction of sp³-hybridized carbons (Fsp3) is 0.208. The van der Waals surface area contributed by atoms with Crippen molar-refractivity contribution in [2.45, 2.75) is 13.0 Å². The van der Waals surface area contributed by atoms with Gasteiger partial charge in [-0.05, 0) is 47.4 Å². The van der Waals surface area contributed by atoms with E-state index in [-0.39, 0.29) is 5.97 Å². The number of carbonyl (C=O) groups is 1. The van der Waals surface area contributed by atoms with Crippen molar-refractivity contribution in [2.75, 3.05) is 18.2 Å². The van der Waals surface area contributed by atoms with Crippen molar-refractivity contribution in [1.29, 1.82) is 0 Å². The number of esters is 1. The van der Waals surface area contributed by atoms with E-state index in [1.807, 2.05) is 66.4 Å². The molecule has 142 valence electrons. The Bertz CT molecular complexity index is 936. The maximum atomic E-state index is 12.6. The highest BCUT2D eigenvalue weighted by molar-refractivity contribution is 7.99. The quantitative estimate of drug-likeness (QED) is 0.438. The van der Waals surface area contributed by atoms with E-state index in [9.17, 15) is 4.79 Å². The van der Waals surface area contributed by atoms with Crippen LogP contribution in [0.15, 0.2) is 78.9 Å². The third kappa shape index (κ3) is 5.03. The Morgan fingerprint density at radius 2 is 1.68 bits per heavy atom. The molecule has 0 atom stereocenters. The molecule has 1 aliphatic heterocycles. The van der Waals surface area contributed by atoms with E-state index < -0.39 is 0 Å². The van der Waals surface area contributed by atoms with Gasteiger partial charge in [-0.3, -0.25) is 4.90 Å². The van der Waals surface area contributed by atoms with Crippen LogP contribution in [-0.2, 0) is 13.0 Å². The molecule has 0 radical (unpaired) electrons. The normalized spacial score (nSPS) is 14.1. The summed E-state index contributed by atoms with van der Waals surface area (Å²) in [6.45, 7) is 1.98. The van der Waals surface area contributed by atoms with E-state index in [1.165, 1.54) is 11.3 Å². The summed E-state index contributed by atoms with van der Waals surface area (Å²) in [4.78, 5) is 15.0. The van der Waals surface area contributed by atoms with Crippen LogP contribution >= 0.6 is 11.8 Å². The summed E-state index contributed by atoms with van der Waals surface area (Å²) < 4.78 is 5.65. The molecule has 0 unspecified atom stereocenters. The van der Waals surface area contributed by atoms with E-state index in [4.69, 9.17) is 4.74 Å². The molecule has 3 aromatic carbocycles. The van der Waals surface area contributed by atoms with Crippen molar-refractivity contribution in [1.82, 2.24) is 4.90 Å². The van der Waals surface area contributed by atoms with Gasteiger partial charge in [0.25, 0.3) is 0 Å². The molecule has 3 aromatic rings. The van der Waals surface area contributed by atoms with Crippen LogP contribution < -0.4 is 4.74 Å². The molecule has 3 nitrogen and oxygen atoms in total. The topological polar surface area (TPSA) is 29.5 Å². The van der Waals surface area contributed by atoms with Crippen molar-refractivity contribution in [3.05, 3.63) is 101 Å². The van der Waals surface area contributed by atoms with Crippen LogP contribution in [-0.4, -0.2) is 29.0 Å². The monoisotopic (exact) mass is 389 g/mol. The van der Waals surface area contributed by atoms with Gasteiger partial charge in [0, 0.05) is 24.7 Å². The van der Waals surface area contributed by atoms with Gasteiger partial charge in [-0.2, -0.15) is 0 Å². The minimum Gasteiger partial charge on any atom is -0.423 e. The van der Waals surface area contributed by atoms with Gasteiger partial charge in [0.05, 0.1) is 5.56 Å². The Hall–Kier alpha value is -2.56. The maximum Gasteiger partial charge on any atom is 0.343 e. The van der Waals surface area contributed by atoms with Crippen LogP contribution in [0.2, 0.25) is 0 Å². The highest BCUT2D eigenvalue weighted by Crippen LogP contribution is 2.20. The van der Waals surface area contributed by atoms with Crippen LogP contribution in [0.5, 0.6) is 5.75 Å². The first-order valence-electron chi connectivity index (χ1n) is 9.50. The standard InChI is InChI=1S/C24H23NO2S/c26-24(22-10-4-9-21(15-22)17-25-12-13-28-18-25)27-23-11-5-8-20(16-23)14-19-6-2-1-3-7-19/h1-11,15-16H,12-14,17-18H2. The molecule has 1 fully saturated rings. The van der Waals surface area contributed by atoms with Crippen molar-refractivity contribution >= 4 is 17.7 Å². The van der Waals surface area contributed by atoms with E-state index >= 15 is 0 Å². The first-order valence-corrected chi connectivity index (χ1v) is 10.7. The van der Waals surface area contributed by atoms with Crippen molar-refractivity contribution < 1.29 is 9.53 Å². The maximum absolute atomic E-state index is 12.6. The number of benzene rings is 3. The van der Waals surface area contributed by atoms with Gasteiger partial charge in [0.2, 0.25) is 0 Å². The first-order chi connectivity index (χ1) is 13.8. The fourth-order valence-electron chi connectivity index (χ4n) is 3.35. The van der Waals surface area contributed by atoms with E-state index in [0.717, 1.165) is 36.5 Å². The number of thioether (sulfide) groups is 1. The first kappa shape index (κ1) is 18.8. The van der Waals surface area contributed by atoms with Crippen LogP contribution in [0.25, 0.3) is 0 Å². The van der Waals surface area contributed by atoms with Crippen LogP contribution in [0, 0.1) is 0 Å². The lowest BCUT2D eigenvalue weighted by molar-refractivity contribution is 0.0734. The lowest BCUT2D eigenvalue weighted by atomic mass is 10.1. The van der Waals surface area contributed by atoms with Gasteiger partial charge < -0.3 is 4.74 Å². The van der Waals surface area contributed by atoms with Crippen molar-refractivity contribution in [3.8, 4) is 5.75 Å². The molecule has 4 rings (SSSR count). The highest BCUT2D eigenvalue weighted by Gasteiger charge is 2.14. The average molecular weight is 390 g/mol. The van der Waals surface area contributed by atoms with Crippen LogP contribution in [0.4, 0.5) is 0 Å². The predicted octanol–water partition coefficient (Wildman–Crippen LogP) is 5.00. The number of rotatable bonds is 6. The summed E-state index contributed by atoms with van der Waals surface area (Å²) in [5.74, 6) is 2.51. The molecule has 0 aromatic heterocycles. The molecule has 0 bridgehead atoms. The Kier molecular flexibility index (Phi) is 6.10. The van der Waals surface area contributed by atoms with E-state index in [1.54, 1.807) is 0 Å². The Balaban J connectivity index is 1.42. The van der Waals surface area contributed by atoms with Crippen LogP contribution in [0.1, 0.15) is 27.0 Å². The molecular formula is C24H23NO2S. The molecule has 1 aliphatic rings. The lowest BCUT2D eigenvalue weighted by Gasteiger charge is -2.14. The van der Waals surface area contributed by atoms with Crippen LogP contribution in [0.3, 0.4) is 0 Å². The molecule has 4 heteroatoms. The zero-order valence-corrected chi connectivity index (χ0v) is 16.5. The Morgan fingerprint density at radius 3 is 2.50 bits per heavy atom.